The monoisotopic (exact) mass is 513 g/mol. The molecule has 2 aliphatic carbocycles. The Hall–Kier alpha value is -0.860. The Bertz CT molecular complexity index is 726. The normalized spacial score (nSPS) is 51.2. The van der Waals surface area contributed by atoms with E-state index in [9.17, 15) is 61.3 Å². The summed E-state index contributed by atoms with van der Waals surface area (Å²) in [5.41, 5.74) is -0.0248. The molecule has 3 rings (SSSR count). The minimum Gasteiger partial charge on any atom is -0.396 e. The molecule has 1 aliphatic heterocycles. The first-order chi connectivity index (χ1) is 16.5. The third-order valence-corrected chi connectivity index (χ3v) is 7.02. The Morgan fingerprint density at radius 3 is 1.94 bits per heavy atom. The van der Waals surface area contributed by atoms with E-state index < -0.39 is 111 Å². The highest BCUT2D eigenvalue weighted by molar-refractivity contribution is 5.22. The number of aliphatic hydroxyl groups is 12. The van der Waals surface area contributed by atoms with Gasteiger partial charge in [-0.15, -0.1) is 0 Å². The van der Waals surface area contributed by atoms with Gasteiger partial charge in [0.2, 0.25) is 0 Å². The van der Waals surface area contributed by atoms with Crippen molar-refractivity contribution in [2.45, 2.75) is 85.5 Å². The Morgan fingerprint density at radius 2 is 1.37 bits per heavy atom. The Labute approximate surface area is 199 Å². The predicted octanol–water partition coefficient (Wildman–Crippen LogP) is -7.78. The van der Waals surface area contributed by atoms with E-state index in [1.807, 2.05) is 0 Å². The molecule has 0 aromatic rings. The van der Waals surface area contributed by atoms with Crippen molar-refractivity contribution in [1.29, 1.82) is 0 Å². The lowest BCUT2D eigenvalue weighted by Gasteiger charge is -2.49. The molecule has 0 radical (unpaired) electrons. The van der Waals surface area contributed by atoms with Crippen LogP contribution in [0.1, 0.15) is 0 Å². The highest BCUT2D eigenvalue weighted by atomic mass is 16.7. The lowest BCUT2D eigenvalue weighted by molar-refractivity contribution is -0.332. The second-order valence-electron chi connectivity index (χ2n) is 9.16. The van der Waals surface area contributed by atoms with Crippen LogP contribution in [0.5, 0.6) is 0 Å². The summed E-state index contributed by atoms with van der Waals surface area (Å²) in [5, 5.41) is 124. The molecule has 1 saturated heterocycles. The van der Waals surface area contributed by atoms with Gasteiger partial charge in [-0.1, -0.05) is 6.08 Å². The van der Waals surface area contributed by atoms with E-state index in [4.69, 9.17) is 9.47 Å². The van der Waals surface area contributed by atoms with E-state index in [-0.39, 0.29) is 5.57 Å². The summed E-state index contributed by atoms with van der Waals surface area (Å²) in [6.45, 7) is -2.18. The lowest BCUT2D eigenvalue weighted by Crippen LogP contribution is -2.70. The van der Waals surface area contributed by atoms with Gasteiger partial charge in [0.15, 0.2) is 6.29 Å². The van der Waals surface area contributed by atoms with Gasteiger partial charge >= 0.3 is 0 Å². The van der Waals surface area contributed by atoms with E-state index in [1.54, 1.807) is 0 Å². The molecule has 0 amide bonds. The zero-order chi connectivity index (χ0) is 26.2. The van der Waals surface area contributed by atoms with Crippen molar-refractivity contribution in [2.24, 2.45) is 5.92 Å². The predicted molar refractivity (Wildman–Crippen MR) is 111 cm³/mol. The van der Waals surface area contributed by atoms with Crippen LogP contribution in [-0.4, -0.2) is 167 Å². The summed E-state index contributed by atoms with van der Waals surface area (Å²) in [5.74, 6) is -1.31. The van der Waals surface area contributed by atoms with E-state index in [2.05, 4.69) is 5.32 Å². The zero-order valence-electron chi connectivity index (χ0n) is 18.5. The van der Waals surface area contributed by atoms with Crippen LogP contribution in [0.2, 0.25) is 0 Å². The van der Waals surface area contributed by atoms with Crippen molar-refractivity contribution in [1.82, 2.24) is 5.32 Å². The molecule has 3 aliphatic rings. The van der Waals surface area contributed by atoms with Crippen molar-refractivity contribution in [3.8, 4) is 0 Å². The molecular weight excluding hydrogens is 478 g/mol. The number of nitrogens with one attached hydrogen (secondary N) is 1. The Kier molecular flexibility index (Phi) is 9.58. The van der Waals surface area contributed by atoms with Crippen molar-refractivity contribution < 1.29 is 70.8 Å². The summed E-state index contributed by atoms with van der Waals surface area (Å²) in [6, 6.07) is -2.59. The molecule has 204 valence electrons. The standard InChI is InChI=1S/C20H35NO14/c22-2-5-1-7(12(27)15(30)10(5)25)21-9-11(26)6(3-23)19(17(32)14(9)29)35-20-18(33)16(31)13(28)8(4-24)34-20/h1,6-33H,2-4H2/t6-,7-,8+,9-,10+,11-,12-,13+,14+,15+,16+,17-,18+,19+,20+/m0/s1. The van der Waals surface area contributed by atoms with Crippen LogP contribution in [0.25, 0.3) is 0 Å². The van der Waals surface area contributed by atoms with Crippen LogP contribution in [0.4, 0.5) is 0 Å². The summed E-state index contributed by atoms with van der Waals surface area (Å²) in [4.78, 5) is 0. The van der Waals surface area contributed by atoms with Crippen molar-refractivity contribution in [2.75, 3.05) is 19.8 Å². The molecule has 0 bridgehead atoms. The van der Waals surface area contributed by atoms with Gasteiger partial charge in [-0.2, -0.15) is 0 Å². The summed E-state index contributed by atoms with van der Waals surface area (Å²) in [6.07, 6.45) is -18.8. The largest absolute Gasteiger partial charge is 0.396 e. The first-order valence-electron chi connectivity index (χ1n) is 11.2. The van der Waals surface area contributed by atoms with Crippen molar-refractivity contribution in [3.05, 3.63) is 11.6 Å². The van der Waals surface area contributed by atoms with Crippen LogP contribution >= 0.6 is 0 Å². The molecule has 13 N–H and O–H groups in total. The quantitative estimate of drug-likeness (QED) is 0.141. The number of rotatable bonds is 7. The average Bonchev–Trinajstić information content (AvgIpc) is 2.85. The number of aliphatic hydroxyl groups excluding tert-OH is 12. The maximum atomic E-state index is 10.9. The molecule has 0 unspecified atom stereocenters. The molecule has 2 fully saturated rings. The lowest BCUT2D eigenvalue weighted by atomic mass is 9.76. The van der Waals surface area contributed by atoms with Gasteiger partial charge in [0.25, 0.3) is 0 Å². The topological polar surface area (TPSA) is 273 Å². The average molecular weight is 513 g/mol. The van der Waals surface area contributed by atoms with E-state index in [0.29, 0.717) is 0 Å². The molecular formula is C20H35NO14. The molecule has 0 spiro atoms. The van der Waals surface area contributed by atoms with Crippen LogP contribution < -0.4 is 5.32 Å². The highest BCUT2D eigenvalue weighted by Crippen LogP contribution is 2.33. The van der Waals surface area contributed by atoms with Crippen LogP contribution in [0, 0.1) is 5.92 Å². The SMILES string of the molecule is OCC1=C[C@H](N[C@@H]2[C@@H](O)[C@H](O)[C@H](O[C@H]3O[C@H](CO)[C@@H](O)[C@@H](O)[C@H]3O)[C@@H](CO)[C@@H]2O)[C@H](O)[C@H](O)[C@@H]1O. The fraction of sp³-hybridized carbons (Fsp3) is 0.900. The molecule has 15 nitrogen and oxygen atoms in total. The highest BCUT2D eigenvalue weighted by Gasteiger charge is 2.54. The second-order valence-corrected chi connectivity index (χ2v) is 9.16. The Morgan fingerprint density at radius 1 is 0.714 bits per heavy atom. The van der Waals surface area contributed by atoms with Gasteiger partial charge < -0.3 is 76.1 Å². The van der Waals surface area contributed by atoms with Gasteiger partial charge in [0.1, 0.15) is 54.9 Å². The third-order valence-electron chi connectivity index (χ3n) is 7.02. The third kappa shape index (κ3) is 5.40. The molecule has 15 heteroatoms. The molecule has 0 aromatic carbocycles. The first kappa shape index (κ1) is 28.7. The van der Waals surface area contributed by atoms with Crippen LogP contribution in [-0.2, 0) is 9.47 Å². The minimum absolute atomic E-state index is 0.0248. The van der Waals surface area contributed by atoms with Crippen LogP contribution in [0.15, 0.2) is 11.6 Å². The fourth-order valence-corrected chi connectivity index (χ4v) is 4.81. The molecule has 15 atom stereocenters. The molecule has 1 saturated carbocycles. The number of hydrogen-bond donors (Lipinski definition) is 13. The van der Waals surface area contributed by atoms with Gasteiger partial charge in [-0.3, -0.25) is 0 Å². The van der Waals surface area contributed by atoms with Crippen LogP contribution in [0.3, 0.4) is 0 Å². The Balaban J connectivity index is 1.79. The molecule has 35 heavy (non-hydrogen) atoms. The van der Waals surface area contributed by atoms with Gasteiger partial charge in [0.05, 0.1) is 44.1 Å². The second kappa shape index (κ2) is 11.7. The van der Waals surface area contributed by atoms with Crippen molar-refractivity contribution in [3.63, 3.8) is 0 Å². The first-order valence-corrected chi connectivity index (χ1v) is 11.2. The molecule has 0 aromatic heterocycles. The maximum absolute atomic E-state index is 10.9. The van der Waals surface area contributed by atoms with Crippen molar-refractivity contribution >= 4 is 0 Å². The van der Waals surface area contributed by atoms with E-state index >= 15 is 0 Å². The van der Waals surface area contributed by atoms with E-state index in [1.165, 1.54) is 6.08 Å². The van der Waals surface area contributed by atoms with Gasteiger partial charge in [-0.25, -0.2) is 0 Å². The zero-order valence-corrected chi connectivity index (χ0v) is 18.5. The number of hydrogen-bond acceptors (Lipinski definition) is 15. The maximum Gasteiger partial charge on any atom is 0.187 e. The van der Waals surface area contributed by atoms with Gasteiger partial charge in [-0.05, 0) is 5.57 Å². The van der Waals surface area contributed by atoms with Gasteiger partial charge in [0, 0.05) is 5.92 Å². The summed E-state index contributed by atoms with van der Waals surface area (Å²) in [7, 11) is 0. The summed E-state index contributed by atoms with van der Waals surface area (Å²) >= 11 is 0. The van der Waals surface area contributed by atoms with E-state index in [0.717, 1.165) is 0 Å². The fourth-order valence-electron chi connectivity index (χ4n) is 4.81. The summed E-state index contributed by atoms with van der Waals surface area (Å²) < 4.78 is 10.7. The smallest absolute Gasteiger partial charge is 0.187 e. The minimum atomic E-state index is -1.84. The molecule has 1 heterocycles. The number of ether oxygens (including phenoxy) is 2.